The summed E-state index contributed by atoms with van der Waals surface area (Å²) in [5.74, 6) is -2.36. The summed E-state index contributed by atoms with van der Waals surface area (Å²) >= 11 is 1.49. The Kier molecular flexibility index (Phi) is 17.3. The number of nitrogens with one attached hydrogen (secondary N) is 2. The molecule has 5 N–H and O–H groups in total. The molecule has 0 radical (unpaired) electrons. The van der Waals surface area contributed by atoms with Gasteiger partial charge in [-0.3, -0.25) is 19.3 Å². The first-order chi connectivity index (χ1) is 25.3. The third-order valence-corrected chi connectivity index (χ3v) is 8.68. The number of phenols is 1. The summed E-state index contributed by atoms with van der Waals surface area (Å²) in [6.07, 6.45) is 1.80. The Balaban J connectivity index is 2.06. The van der Waals surface area contributed by atoms with E-state index < -0.39 is 53.5 Å². The third-order valence-electron chi connectivity index (χ3n) is 8.04. The molecule has 4 amide bonds. The highest BCUT2D eigenvalue weighted by molar-refractivity contribution is 7.98. The molecule has 0 heterocycles. The molecule has 53 heavy (non-hydrogen) atoms. The van der Waals surface area contributed by atoms with Crippen molar-refractivity contribution in [3.05, 3.63) is 102 Å². The van der Waals surface area contributed by atoms with E-state index in [0.717, 1.165) is 10.5 Å². The lowest BCUT2D eigenvalue weighted by atomic mass is 9.99. The summed E-state index contributed by atoms with van der Waals surface area (Å²) in [5.41, 5.74) is 6.81. The topological polar surface area (TPSA) is 177 Å². The van der Waals surface area contributed by atoms with E-state index in [2.05, 4.69) is 10.6 Å². The maximum Gasteiger partial charge on any atom is 0.408 e. The van der Waals surface area contributed by atoms with Crippen molar-refractivity contribution in [2.45, 2.75) is 89.6 Å². The summed E-state index contributed by atoms with van der Waals surface area (Å²) in [7, 11) is 0. The van der Waals surface area contributed by atoms with E-state index in [1.165, 1.54) is 23.9 Å². The number of benzene rings is 3. The van der Waals surface area contributed by atoms with Crippen LogP contribution < -0.4 is 16.4 Å². The van der Waals surface area contributed by atoms with Gasteiger partial charge in [0.25, 0.3) is 5.91 Å². The van der Waals surface area contributed by atoms with Crippen LogP contribution in [0.1, 0.15) is 63.1 Å². The number of ether oxygens (including phenoxy) is 2. The number of carbonyl (C=O) groups is 5. The first kappa shape index (κ1) is 42.5. The lowest BCUT2D eigenvalue weighted by Crippen LogP contribution is -2.60. The summed E-state index contributed by atoms with van der Waals surface area (Å²) < 4.78 is 11.1. The Bertz CT molecular complexity index is 1620. The van der Waals surface area contributed by atoms with Gasteiger partial charge in [0.05, 0.1) is 0 Å². The molecule has 3 rings (SSSR count). The summed E-state index contributed by atoms with van der Waals surface area (Å²) in [6, 6.07) is 20.2. The average molecular weight is 749 g/mol. The van der Waals surface area contributed by atoms with Gasteiger partial charge in [-0.25, -0.2) is 9.59 Å². The number of nitrogens with two attached hydrogens (primary N) is 1. The molecule has 0 bridgehead atoms. The highest BCUT2D eigenvalue weighted by atomic mass is 32.2. The number of imide groups is 1. The molecular weight excluding hydrogens is 697 g/mol. The van der Waals surface area contributed by atoms with Crippen molar-refractivity contribution >= 4 is 41.5 Å². The van der Waals surface area contributed by atoms with Gasteiger partial charge in [0.2, 0.25) is 11.8 Å². The van der Waals surface area contributed by atoms with Crippen LogP contribution in [0.15, 0.2) is 84.9 Å². The molecule has 0 saturated carbocycles. The quantitative estimate of drug-likeness (QED) is 0.0974. The fourth-order valence-corrected chi connectivity index (χ4v) is 5.87. The van der Waals surface area contributed by atoms with Crippen LogP contribution in [0.4, 0.5) is 4.79 Å². The van der Waals surface area contributed by atoms with Gasteiger partial charge in [0.1, 0.15) is 36.1 Å². The van der Waals surface area contributed by atoms with Gasteiger partial charge in [-0.05, 0) is 87.4 Å². The number of carbonyl (C=O) groups excluding carboxylic acids is 5. The molecular formula is C40H52N4O8S. The van der Waals surface area contributed by atoms with Crippen LogP contribution in [-0.4, -0.2) is 82.1 Å². The number of hydrogen-bond acceptors (Lipinski definition) is 10. The van der Waals surface area contributed by atoms with E-state index in [-0.39, 0.29) is 38.0 Å². The van der Waals surface area contributed by atoms with Crippen LogP contribution in [0.3, 0.4) is 0 Å². The number of phenolic OH excluding ortho intramolecular Hbond substituents is 1. The second-order valence-corrected chi connectivity index (χ2v) is 14.5. The number of unbranched alkanes of at least 4 members (excludes halogenated alkanes) is 1. The second kappa shape index (κ2) is 21.6. The van der Waals surface area contributed by atoms with Gasteiger partial charge < -0.3 is 30.9 Å². The van der Waals surface area contributed by atoms with Crippen molar-refractivity contribution < 1.29 is 38.6 Å². The van der Waals surface area contributed by atoms with Crippen LogP contribution in [0, 0.1) is 0 Å². The second-order valence-electron chi connectivity index (χ2n) is 13.6. The van der Waals surface area contributed by atoms with Gasteiger partial charge in [-0.15, -0.1) is 0 Å². The Labute approximate surface area is 316 Å². The Morgan fingerprint density at radius 2 is 1.42 bits per heavy atom. The lowest BCUT2D eigenvalue weighted by molar-refractivity contribution is -0.154. The zero-order valence-corrected chi connectivity index (χ0v) is 31.7. The third kappa shape index (κ3) is 14.9. The van der Waals surface area contributed by atoms with Crippen LogP contribution in [0.25, 0.3) is 0 Å². The molecule has 0 unspecified atom stereocenters. The van der Waals surface area contributed by atoms with Crippen LogP contribution in [-0.2, 0) is 48.1 Å². The van der Waals surface area contributed by atoms with Crippen molar-refractivity contribution in [3.8, 4) is 5.75 Å². The van der Waals surface area contributed by atoms with Crippen molar-refractivity contribution in [2.75, 3.05) is 18.6 Å². The zero-order valence-electron chi connectivity index (χ0n) is 30.9. The highest BCUT2D eigenvalue weighted by Gasteiger charge is 2.40. The van der Waals surface area contributed by atoms with Crippen molar-refractivity contribution in [3.63, 3.8) is 0 Å². The maximum atomic E-state index is 14.8. The van der Waals surface area contributed by atoms with Crippen molar-refractivity contribution in [1.29, 1.82) is 0 Å². The number of thioether (sulfide) groups is 1. The molecule has 3 atom stereocenters. The van der Waals surface area contributed by atoms with Gasteiger partial charge in [0, 0.05) is 19.3 Å². The Hall–Kier alpha value is -4.88. The zero-order chi connectivity index (χ0) is 38.8. The lowest BCUT2D eigenvalue weighted by Gasteiger charge is -2.34. The monoisotopic (exact) mass is 748 g/mol. The molecule has 0 aliphatic carbocycles. The smallest absolute Gasteiger partial charge is 0.408 e. The van der Waals surface area contributed by atoms with E-state index in [1.807, 2.05) is 36.6 Å². The highest BCUT2D eigenvalue weighted by Crippen LogP contribution is 2.19. The van der Waals surface area contributed by atoms with E-state index in [9.17, 15) is 29.1 Å². The van der Waals surface area contributed by atoms with E-state index in [4.69, 9.17) is 15.2 Å². The van der Waals surface area contributed by atoms with Crippen LogP contribution in [0.5, 0.6) is 5.75 Å². The Morgan fingerprint density at radius 1 is 0.811 bits per heavy atom. The minimum Gasteiger partial charge on any atom is -0.508 e. The molecule has 12 nitrogen and oxygen atoms in total. The number of aromatic hydroxyl groups is 1. The fraction of sp³-hybridized carbons (Fsp3) is 0.425. The van der Waals surface area contributed by atoms with Crippen LogP contribution in [0.2, 0.25) is 0 Å². The summed E-state index contributed by atoms with van der Waals surface area (Å²) in [6.45, 7) is 5.35. The van der Waals surface area contributed by atoms with Gasteiger partial charge in [-0.1, -0.05) is 72.8 Å². The van der Waals surface area contributed by atoms with E-state index in [1.54, 1.807) is 63.2 Å². The maximum absolute atomic E-state index is 14.8. The number of alkyl carbamates (subject to hydrolysis) is 1. The Morgan fingerprint density at radius 3 is 2.00 bits per heavy atom. The SMILES string of the molecule is CSCC[C@H](NC(=O)[C@H](Cc1ccccc1)N(C(=O)CCCCN)C(=O)[C@H](Cc1ccc(O)cc1)NC(=O)OC(C)(C)C)C(=O)OCc1ccccc1. The molecule has 0 aliphatic rings. The number of esters is 1. The number of hydrogen-bond donors (Lipinski definition) is 4. The summed E-state index contributed by atoms with van der Waals surface area (Å²) in [4.78, 5) is 70.9. The van der Waals surface area contributed by atoms with Crippen molar-refractivity contribution in [2.24, 2.45) is 5.73 Å². The minimum atomic E-state index is -1.42. The molecule has 3 aromatic carbocycles. The van der Waals surface area contributed by atoms with E-state index >= 15 is 0 Å². The first-order valence-electron chi connectivity index (χ1n) is 17.7. The predicted octanol–water partition coefficient (Wildman–Crippen LogP) is 4.90. The molecule has 0 saturated heterocycles. The molecule has 0 spiro atoms. The van der Waals surface area contributed by atoms with Crippen LogP contribution >= 0.6 is 11.8 Å². The standard InChI is InChI=1S/C40H52N4O8S/c1-40(2,3)52-39(50)43-33(25-29-18-20-31(45)21-19-29)37(48)44(35(46)17-11-12-23-41)34(26-28-13-7-5-8-14-28)36(47)42-32(22-24-53-4)38(49)51-27-30-15-9-6-10-16-30/h5-10,13-16,18-21,32-34,45H,11-12,17,22-27,41H2,1-4H3,(H,42,47)(H,43,50)/t32-,33-,34-/m0/s1. The fourth-order valence-electron chi connectivity index (χ4n) is 5.40. The first-order valence-corrected chi connectivity index (χ1v) is 19.1. The molecule has 0 aliphatic heterocycles. The molecule has 3 aromatic rings. The van der Waals surface area contributed by atoms with E-state index in [0.29, 0.717) is 36.3 Å². The molecule has 0 aromatic heterocycles. The average Bonchev–Trinajstić information content (AvgIpc) is 3.12. The number of rotatable bonds is 19. The van der Waals surface area contributed by atoms with Gasteiger partial charge >= 0.3 is 12.1 Å². The van der Waals surface area contributed by atoms with Gasteiger partial charge in [0.15, 0.2) is 0 Å². The largest absolute Gasteiger partial charge is 0.508 e. The number of nitrogens with zero attached hydrogens (tertiary/aromatic N) is 1. The normalized spacial score (nSPS) is 12.8. The minimum absolute atomic E-state index is 0.00172. The van der Waals surface area contributed by atoms with Gasteiger partial charge in [-0.2, -0.15) is 11.8 Å². The molecule has 13 heteroatoms. The predicted molar refractivity (Wildman–Crippen MR) is 205 cm³/mol. The molecule has 0 fully saturated rings. The number of amides is 4. The van der Waals surface area contributed by atoms with Crippen molar-refractivity contribution in [1.82, 2.24) is 15.5 Å². The summed E-state index contributed by atoms with van der Waals surface area (Å²) in [5, 5.41) is 15.3. The molecule has 286 valence electrons.